The van der Waals surface area contributed by atoms with Crippen molar-refractivity contribution in [3.8, 4) is 0 Å². The summed E-state index contributed by atoms with van der Waals surface area (Å²) in [5.74, 6) is 0.0300. The van der Waals surface area contributed by atoms with Gasteiger partial charge in [-0.15, -0.1) is 0 Å². The average Bonchev–Trinajstić information content (AvgIpc) is 2.27. The van der Waals surface area contributed by atoms with E-state index in [9.17, 15) is 4.79 Å². The molecule has 0 saturated carbocycles. The molecule has 1 rings (SSSR count). The predicted octanol–water partition coefficient (Wildman–Crippen LogP) is 4.39. The van der Waals surface area contributed by atoms with Gasteiger partial charge in [0.05, 0.1) is 0 Å². The molecule has 0 aliphatic heterocycles. The molecule has 1 amide bonds. The highest BCUT2D eigenvalue weighted by Gasteiger charge is 2.18. The lowest BCUT2D eigenvalue weighted by Crippen LogP contribution is -2.41. The average molecular weight is 280 g/mol. The summed E-state index contributed by atoms with van der Waals surface area (Å²) in [7, 11) is 0. The first kappa shape index (κ1) is 15.8. The first-order valence-electron chi connectivity index (χ1n) is 6.60. The Bertz CT molecular complexity index is 469. The molecule has 0 atom stereocenters. The lowest BCUT2D eigenvalue weighted by molar-refractivity contribution is -0.129. The number of hydrogen-bond donors (Lipinski definition) is 0. The Kier molecular flexibility index (Phi) is 5.61. The third-order valence-electron chi connectivity index (χ3n) is 3.01. The van der Waals surface area contributed by atoms with E-state index in [1.807, 2.05) is 63.8 Å². The highest BCUT2D eigenvalue weighted by molar-refractivity contribution is 6.32. The maximum Gasteiger partial charge on any atom is 0.247 e. The monoisotopic (exact) mass is 279 g/mol. The molecule has 0 radical (unpaired) electrons. The summed E-state index contributed by atoms with van der Waals surface area (Å²) in [5.41, 5.74) is 1.80. The fourth-order valence-electron chi connectivity index (χ4n) is 2.22. The number of rotatable bonds is 4. The van der Waals surface area contributed by atoms with Crippen molar-refractivity contribution in [2.45, 2.75) is 46.7 Å². The van der Waals surface area contributed by atoms with E-state index in [-0.39, 0.29) is 18.0 Å². The summed E-state index contributed by atoms with van der Waals surface area (Å²) in [4.78, 5) is 14.2. The normalized spacial score (nSPS) is 12.1. The highest BCUT2D eigenvalue weighted by atomic mass is 35.5. The van der Waals surface area contributed by atoms with E-state index in [1.165, 1.54) is 0 Å². The second-order valence-electron chi connectivity index (χ2n) is 5.24. The minimum atomic E-state index is 0.0300. The summed E-state index contributed by atoms with van der Waals surface area (Å²) < 4.78 is 0. The van der Waals surface area contributed by atoms with E-state index in [2.05, 4.69) is 0 Å². The van der Waals surface area contributed by atoms with Crippen molar-refractivity contribution in [3.63, 3.8) is 0 Å². The summed E-state index contributed by atoms with van der Waals surface area (Å²) in [6, 6.07) is 7.93. The standard InChI is InChI=1S/C16H22ClNO/c1-11(2)18(12(3)4)16(19)10-13(5)14-8-6-7-9-15(14)17/h6-12H,1-5H3. The quantitative estimate of drug-likeness (QED) is 0.749. The van der Waals surface area contributed by atoms with Gasteiger partial charge in [0.2, 0.25) is 5.91 Å². The van der Waals surface area contributed by atoms with Crippen LogP contribution in [-0.2, 0) is 4.79 Å². The van der Waals surface area contributed by atoms with Gasteiger partial charge < -0.3 is 4.90 Å². The molecule has 2 nitrogen and oxygen atoms in total. The van der Waals surface area contributed by atoms with E-state index in [4.69, 9.17) is 11.6 Å². The fourth-order valence-corrected chi connectivity index (χ4v) is 2.51. The topological polar surface area (TPSA) is 20.3 Å². The highest BCUT2D eigenvalue weighted by Crippen LogP contribution is 2.23. The summed E-state index contributed by atoms with van der Waals surface area (Å²) in [6.07, 6.45) is 1.67. The third kappa shape index (κ3) is 4.10. The van der Waals surface area contributed by atoms with Crippen LogP contribution < -0.4 is 0 Å². The van der Waals surface area contributed by atoms with Crippen LogP contribution >= 0.6 is 11.6 Å². The number of benzene rings is 1. The Morgan fingerprint density at radius 2 is 1.68 bits per heavy atom. The maximum absolute atomic E-state index is 12.3. The molecular formula is C16H22ClNO. The molecule has 1 aromatic carbocycles. The van der Waals surface area contributed by atoms with Crippen LogP contribution in [0.4, 0.5) is 0 Å². The molecule has 104 valence electrons. The van der Waals surface area contributed by atoms with Crippen molar-refractivity contribution in [2.75, 3.05) is 0 Å². The van der Waals surface area contributed by atoms with Crippen LogP contribution in [0, 0.1) is 0 Å². The second kappa shape index (κ2) is 6.76. The van der Waals surface area contributed by atoms with Crippen LogP contribution in [0.3, 0.4) is 0 Å². The molecular weight excluding hydrogens is 258 g/mol. The van der Waals surface area contributed by atoms with Crippen LogP contribution in [0.15, 0.2) is 30.3 Å². The Balaban J connectivity index is 3.02. The Morgan fingerprint density at radius 3 is 2.16 bits per heavy atom. The molecule has 19 heavy (non-hydrogen) atoms. The van der Waals surface area contributed by atoms with Gasteiger partial charge in [-0.05, 0) is 51.8 Å². The van der Waals surface area contributed by atoms with Crippen molar-refractivity contribution in [3.05, 3.63) is 40.9 Å². The van der Waals surface area contributed by atoms with Gasteiger partial charge in [0.25, 0.3) is 0 Å². The first-order valence-corrected chi connectivity index (χ1v) is 6.98. The van der Waals surface area contributed by atoms with Crippen molar-refractivity contribution < 1.29 is 4.79 Å². The lowest BCUT2D eigenvalue weighted by Gasteiger charge is -2.29. The number of carbonyl (C=O) groups excluding carboxylic acids is 1. The van der Waals surface area contributed by atoms with E-state index in [0.717, 1.165) is 11.1 Å². The molecule has 0 fully saturated rings. The summed E-state index contributed by atoms with van der Waals surface area (Å²) >= 11 is 6.14. The van der Waals surface area contributed by atoms with Crippen LogP contribution in [0.5, 0.6) is 0 Å². The number of hydrogen-bond acceptors (Lipinski definition) is 1. The predicted molar refractivity (Wildman–Crippen MR) is 82.2 cm³/mol. The van der Waals surface area contributed by atoms with Gasteiger partial charge in [0.1, 0.15) is 0 Å². The SMILES string of the molecule is CC(=CC(=O)N(C(C)C)C(C)C)c1ccccc1Cl. The van der Waals surface area contributed by atoms with Crippen molar-refractivity contribution in [1.82, 2.24) is 4.90 Å². The molecule has 0 aliphatic carbocycles. The van der Waals surface area contributed by atoms with Crippen LogP contribution in [0.1, 0.15) is 40.2 Å². The van der Waals surface area contributed by atoms with Crippen LogP contribution in [0.25, 0.3) is 5.57 Å². The van der Waals surface area contributed by atoms with E-state index in [0.29, 0.717) is 5.02 Å². The zero-order valence-corrected chi connectivity index (χ0v) is 13.0. The molecule has 0 aliphatic rings. The fraction of sp³-hybridized carbons (Fsp3) is 0.438. The maximum atomic E-state index is 12.3. The van der Waals surface area contributed by atoms with Gasteiger partial charge in [-0.25, -0.2) is 0 Å². The molecule has 3 heteroatoms. The van der Waals surface area contributed by atoms with Gasteiger partial charge in [-0.3, -0.25) is 4.79 Å². The van der Waals surface area contributed by atoms with E-state index >= 15 is 0 Å². The number of amides is 1. The minimum absolute atomic E-state index is 0.0300. The molecule has 0 N–H and O–H groups in total. The van der Waals surface area contributed by atoms with E-state index < -0.39 is 0 Å². The minimum Gasteiger partial charge on any atom is -0.334 e. The Labute approximate surface area is 121 Å². The van der Waals surface area contributed by atoms with Gasteiger partial charge in [-0.2, -0.15) is 0 Å². The lowest BCUT2D eigenvalue weighted by atomic mass is 10.1. The Hall–Kier alpha value is -1.28. The molecule has 0 saturated heterocycles. The van der Waals surface area contributed by atoms with E-state index in [1.54, 1.807) is 6.08 Å². The molecule has 0 heterocycles. The van der Waals surface area contributed by atoms with Gasteiger partial charge in [0.15, 0.2) is 0 Å². The van der Waals surface area contributed by atoms with Crippen LogP contribution in [0.2, 0.25) is 5.02 Å². The van der Waals surface area contributed by atoms with Crippen molar-refractivity contribution in [2.24, 2.45) is 0 Å². The van der Waals surface area contributed by atoms with Crippen molar-refractivity contribution in [1.29, 1.82) is 0 Å². The molecule has 1 aromatic rings. The molecule has 0 spiro atoms. The zero-order valence-electron chi connectivity index (χ0n) is 12.3. The first-order chi connectivity index (χ1) is 8.84. The second-order valence-corrected chi connectivity index (χ2v) is 5.65. The Morgan fingerprint density at radius 1 is 1.16 bits per heavy atom. The largest absolute Gasteiger partial charge is 0.334 e. The molecule has 0 unspecified atom stereocenters. The van der Waals surface area contributed by atoms with Crippen molar-refractivity contribution >= 4 is 23.1 Å². The number of halogens is 1. The third-order valence-corrected chi connectivity index (χ3v) is 3.34. The summed E-state index contributed by atoms with van der Waals surface area (Å²) in [6.45, 7) is 10.0. The number of nitrogens with zero attached hydrogens (tertiary/aromatic N) is 1. The number of allylic oxidation sites excluding steroid dienone is 1. The smallest absolute Gasteiger partial charge is 0.247 e. The van der Waals surface area contributed by atoms with Gasteiger partial charge in [0, 0.05) is 23.2 Å². The van der Waals surface area contributed by atoms with Crippen LogP contribution in [-0.4, -0.2) is 22.9 Å². The summed E-state index contributed by atoms with van der Waals surface area (Å²) in [5, 5.41) is 0.671. The van der Waals surface area contributed by atoms with Gasteiger partial charge in [-0.1, -0.05) is 29.8 Å². The molecule has 0 bridgehead atoms. The number of carbonyl (C=O) groups is 1. The zero-order chi connectivity index (χ0) is 14.6. The van der Waals surface area contributed by atoms with Gasteiger partial charge >= 0.3 is 0 Å². The molecule has 0 aromatic heterocycles.